The van der Waals surface area contributed by atoms with Crippen molar-refractivity contribution in [2.24, 2.45) is 0 Å². The largest absolute Gasteiger partial charge is 0.497 e. The summed E-state index contributed by atoms with van der Waals surface area (Å²) >= 11 is 0. The molecule has 3 rings (SSSR count). The average Bonchev–Trinajstić information content (AvgIpc) is 2.78. The Bertz CT molecular complexity index is 1050. The van der Waals surface area contributed by atoms with Crippen molar-refractivity contribution >= 4 is 17.5 Å². The van der Waals surface area contributed by atoms with E-state index >= 15 is 0 Å². The fourth-order valence-corrected chi connectivity index (χ4v) is 3.02. The third-order valence-electron chi connectivity index (χ3n) is 4.55. The summed E-state index contributed by atoms with van der Waals surface area (Å²) in [5.74, 6) is 0.806. The fraction of sp³-hybridized carbons (Fsp3) is 0.200. The third kappa shape index (κ3) is 5.85. The predicted molar refractivity (Wildman–Crippen MR) is 121 cm³/mol. The lowest BCUT2D eigenvalue weighted by Crippen LogP contribution is -2.25. The molecule has 0 saturated carbocycles. The van der Waals surface area contributed by atoms with Crippen LogP contribution in [-0.4, -0.2) is 25.0 Å². The lowest BCUT2D eigenvalue weighted by atomic mass is 10.1. The number of carbonyl (C=O) groups is 2. The quantitative estimate of drug-likeness (QED) is 0.558. The summed E-state index contributed by atoms with van der Waals surface area (Å²) in [5, 5.41) is 5.73. The molecule has 3 aromatic rings. The molecule has 0 unspecified atom stereocenters. The van der Waals surface area contributed by atoms with Crippen molar-refractivity contribution in [1.29, 1.82) is 0 Å². The Kier molecular flexibility index (Phi) is 7.27. The van der Waals surface area contributed by atoms with Crippen molar-refractivity contribution in [3.8, 4) is 11.5 Å². The number of amides is 2. The van der Waals surface area contributed by atoms with E-state index in [1.165, 1.54) is 0 Å². The Hall–Kier alpha value is -3.80. The van der Waals surface area contributed by atoms with Gasteiger partial charge in [0, 0.05) is 17.7 Å². The van der Waals surface area contributed by atoms with Crippen molar-refractivity contribution < 1.29 is 19.1 Å². The molecule has 0 saturated heterocycles. The van der Waals surface area contributed by atoms with E-state index in [1.54, 1.807) is 55.6 Å². The Labute approximate surface area is 182 Å². The van der Waals surface area contributed by atoms with Crippen molar-refractivity contribution in [2.45, 2.75) is 26.5 Å². The van der Waals surface area contributed by atoms with Crippen LogP contribution in [-0.2, 0) is 6.54 Å². The highest BCUT2D eigenvalue weighted by atomic mass is 16.5. The van der Waals surface area contributed by atoms with Crippen molar-refractivity contribution in [3.05, 3.63) is 89.5 Å². The monoisotopic (exact) mass is 418 g/mol. The summed E-state index contributed by atoms with van der Waals surface area (Å²) in [4.78, 5) is 25.5. The van der Waals surface area contributed by atoms with Crippen LogP contribution in [0.2, 0.25) is 0 Å². The maximum atomic E-state index is 12.9. The number of ether oxygens (including phenoxy) is 2. The number of hydrogen-bond acceptors (Lipinski definition) is 4. The van der Waals surface area contributed by atoms with Gasteiger partial charge in [-0.2, -0.15) is 0 Å². The second-order valence-electron chi connectivity index (χ2n) is 7.19. The van der Waals surface area contributed by atoms with Gasteiger partial charge in [0.1, 0.15) is 11.5 Å². The van der Waals surface area contributed by atoms with Gasteiger partial charge in [0.15, 0.2) is 0 Å². The molecule has 0 atom stereocenters. The van der Waals surface area contributed by atoms with E-state index in [0.717, 1.165) is 11.3 Å². The van der Waals surface area contributed by atoms with Crippen LogP contribution in [0.15, 0.2) is 72.8 Å². The molecular formula is C25H26N2O4. The van der Waals surface area contributed by atoms with Crippen LogP contribution in [0.3, 0.4) is 0 Å². The van der Waals surface area contributed by atoms with Crippen LogP contribution in [0.4, 0.5) is 5.69 Å². The summed E-state index contributed by atoms with van der Waals surface area (Å²) in [6, 6.07) is 21.3. The van der Waals surface area contributed by atoms with Gasteiger partial charge in [-0.3, -0.25) is 9.59 Å². The van der Waals surface area contributed by atoms with Crippen LogP contribution in [0.1, 0.15) is 40.1 Å². The van der Waals surface area contributed by atoms with Gasteiger partial charge in [-0.1, -0.05) is 30.3 Å². The van der Waals surface area contributed by atoms with Gasteiger partial charge in [0.2, 0.25) is 0 Å². The molecule has 0 bridgehead atoms. The summed E-state index contributed by atoms with van der Waals surface area (Å²) in [6.45, 7) is 4.22. The van der Waals surface area contributed by atoms with Crippen LogP contribution >= 0.6 is 0 Å². The third-order valence-corrected chi connectivity index (χ3v) is 4.55. The van der Waals surface area contributed by atoms with Crippen molar-refractivity contribution in [2.75, 3.05) is 12.4 Å². The number of nitrogens with one attached hydrogen (secondary N) is 2. The Balaban J connectivity index is 1.71. The molecule has 0 aromatic heterocycles. The van der Waals surface area contributed by atoms with Crippen LogP contribution in [0.5, 0.6) is 11.5 Å². The molecule has 2 amide bonds. The second-order valence-corrected chi connectivity index (χ2v) is 7.19. The van der Waals surface area contributed by atoms with Gasteiger partial charge < -0.3 is 20.1 Å². The number of benzene rings is 3. The van der Waals surface area contributed by atoms with Crippen molar-refractivity contribution in [3.63, 3.8) is 0 Å². The first kappa shape index (κ1) is 21.9. The summed E-state index contributed by atoms with van der Waals surface area (Å²) < 4.78 is 10.9. The van der Waals surface area contributed by atoms with E-state index < -0.39 is 0 Å². The van der Waals surface area contributed by atoms with Gasteiger partial charge in [-0.25, -0.2) is 0 Å². The highest BCUT2D eigenvalue weighted by Crippen LogP contribution is 2.21. The maximum Gasteiger partial charge on any atom is 0.255 e. The van der Waals surface area contributed by atoms with Crippen molar-refractivity contribution in [1.82, 2.24) is 5.32 Å². The molecule has 0 spiro atoms. The second kappa shape index (κ2) is 10.3. The molecule has 0 aliphatic heterocycles. The average molecular weight is 418 g/mol. The molecule has 0 aliphatic rings. The zero-order valence-electron chi connectivity index (χ0n) is 17.8. The van der Waals surface area contributed by atoms with Gasteiger partial charge in [0.25, 0.3) is 11.8 Å². The highest BCUT2D eigenvalue weighted by Gasteiger charge is 2.15. The van der Waals surface area contributed by atoms with Gasteiger partial charge in [-0.05, 0) is 56.3 Å². The van der Waals surface area contributed by atoms with E-state index in [1.807, 2.05) is 38.1 Å². The smallest absolute Gasteiger partial charge is 0.255 e. The normalized spacial score (nSPS) is 10.5. The number of rotatable bonds is 8. The lowest BCUT2D eigenvalue weighted by Gasteiger charge is -2.15. The summed E-state index contributed by atoms with van der Waals surface area (Å²) in [7, 11) is 1.57. The zero-order valence-corrected chi connectivity index (χ0v) is 17.8. The molecule has 31 heavy (non-hydrogen) atoms. The topological polar surface area (TPSA) is 76.7 Å². The molecule has 0 aliphatic carbocycles. The van der Waals surface area contributed by atoms with Gasteiger partial charge in [-0.15, -0.1) is 0 Å². The van der Waals surface area contributed by atoms with Crippen LogP contribution < -0.4 is 20.1 Å². The Morgan fingerprint density at radius 3 is 2.26 bits per heavy atom. The standard InChI is InChI=1S/C25H26N2O4/c1-17(2)31-23-11-7-4-8-19(23)16-26-25(29)21-9-5-6-10-22(21)27-24(28)18-12-14-20(30-3)15-13-18/h4-15,17H,16H2,1-3H3,(H,26,29)(H,27,28). The minimum absolute atomic E-state index is 0.0331. The minimum Gasteiger partial charge on any atom is -0.497 e. The molecular weight excluding hydrogens is 392 g/mol. The van der Waals surface area contributed by atoms with E-state index in [0.29, 0.717) is 29.1 Å². The molecule has 0 heterocycles. The Morgan fingerprint density at radius 1 is 0.871 bits per heavy atom. The first-order valence-electron chi connectivity index (χ1n) is 10.0. The Morgan fingerprint density at radius 2 is 1.55 bits per heavy atom. The molecule has 6 heteroatoms. The molecule has 3 aromatic carbocycles. The first-order chi connectivity index (χ1) is 15.0. The molecule has 0 radical (unpaired) electrons. The van der Waals surface area contributed by atoms with E-state index in [-0.39, 0.29) is 17.9 Å². The maximum absolute atomic E-state index is 12.9. The molecule has 2 N–H and O–H groups in total. The number of para-hydroxylation sites is 2. The number of carbonyl (C=O) groups excluding carboxylic acids is 2. The molecule has 160 valence electrons. The number of methoxy groups -OCH3 is 1. The van der Waals surface area contributed by atoms with Crippen LogP contribution in [0.25, 0.3) is 0 Å². The van der Waals surface area contributed by atoms with E-state index in [2.05, 4.69) is 10.6 Å². The fourth-order valence-electron chi connectivity index (χ4n) is 3.02. The SMILES string of the molecule is COc1ccc(C(=O)Nc2ccccc2C(=O)NCc2ccccc2OC(C)C)cc1. The first-order valence-corrected chi connectivity index (χ1v) is 10.0. The summed E-state index contributed by atoms with van der Waals surface area (Å²) in [6.07, 6.45) is 0.0331. The molecule has 0 fully saturated rings. The van der Waals surface area contributed by atoms with Gasteiger partial charge in [0.05, 0.1) is 24.5 Å². The molecule has 6 nitrogen and oxygen atoms in total. The summed E-state index contributed by atoms with van der Waals surface area (Å²) in [5.41, 5.74) is 2.17. The lowest BCUT2D eigenvalue weighted by molar-refractivity contribution is 0.0951. The van der Waals surface area contributed by atoms with E-state index in [4.69, 9.17) is 9.47 Å². The highest BCUT2D eigenvalue weighted by molar-refractivity contribution is 6.09. The minimum atomic E-state index is -0.307. The zero-order chi connectivity index (χ0) is 22.2. The van der Waals surface area contributed by atoms with Gasteiger partial charge >= 0.3 is 0 Å². The predicted octanol–water partition coefficient (Wildman–Crippen LogP) is 4.66. The number of anilines is 1. The van der Waals surface area contributed by atoms with E-state index in [9.17, 15) is 9.59 Å². The van der Waals surface area contributed by atoms with Crippen LogP contribution in [0, 0.1) is 0 Å². The number of hydrogen-bond donors (Lipinski definition) is 2.